The van der Waals surface area contributed by atoms with Crippen molar-refractivity contribution < 1.29 is 9.53 Å². The Labute approximate surface area is 138 Å². The lowest BCUT2D eigenvalue weighted by Gasteiger charge is -2.09. The molecule has 0 aliphatic rings. The molecule has 0 spiro atoms. The molecular weight excluding hydrogens is 344 g/mol. The zero-order valence-electron chi connectivity index (χ0n) is 12.5. The second-order valence-corrected chi connectivity index (χ2v) is 5.75. The summed E-state index contributed by atoms with van der Waals surface area (Å²) in [5.41, 5.74) is 5.50. The van der Waals surface area contributed by atoms with Crippen LogP contribution in [0.2, 0.25) is 0 Å². The van der Waals surface area contributed by atoms with Gasteiger partial charge in [-0.2, -0.15) is 5.10 Å². The summed E-state index contributed by atoms with van der Waals surface area (Å²) < 4.78 is 6.47. The summed E-state index contributed by atoms with van der Waals surface area (Å²) in [4.78, 5) is 11.7. The zero-order valence-corrected chi connectivity index (χ0v) is 14.1. The number of halogens is 1. The lowest BCUT2D eigenvalue weighted by molar-refractivity contribution is -0.123. The van der Waals surface area contributed by atoms with Crippen molar-refractivity contribution >= 4 is 28.1 Å². The molecule has 0 unspecified atom stereocenters. The number of ether oxygens (including phenoxy) is 1. The van der Waals surface area contributed by atoms with Crippen molar-refractivity contribution in [1.82, 2.24) is 5.43 Å². The van der Waals surface area contributed by atoms with E-state index in [-0.39, 0.29) is 12.5 Å². The number of nitrogens with one attached hydrogen (secondary N) is 1. The van der Waals surface area contributed by atoms with Crippen molar-refractivity contribution in [3.63, 3.8) is 0 Å². The zero-order chi connectivity index (χ0) is 15.9. The number of aryl methyl sites for hydroxylation is 1. The molecule has 0 fully saturated rings. The molecule has 0 saturated heterocycles. The summed E-state index contributed by atoms with van der Waals surface area (Å²) in [5.74, 6) is 0.415. The van der Waals surface area contributed by atoms with Crippen molar-refractivity contribution in [1.29, 1.82) is 0 Å². The van der Waals surface area contributed by atoms with E-state index in [1.54, 1.807) is 6.21 Å². The van der Waals surface area contributed by atoms with E-state index in [9.17, 15) is 4.79 Å². The maximum atomic E-state index is 11.7. The Balaban J connectivity index is 1.84. The van der Waals surface area contributed by atoms with Crippen LogP contribution in [-0.2, 0) is 4.79 Å². The minimum Gasteiger partial charge on any atom is -0.483 e. The lowest BCUT2D eigenvalue weighted by Crippen LogP contribution is -2.24. The fourth-order valence-corrected chi connectivity index (χ4v) is 2.24. The van der Waals surface area contributed by atoms with Crippen LogP contribution < -0.4 is 10.2 Å². The van der Waals surface area contributed by atoms with E-state index in [1.807, 2.05) is 56.3 Å². The van der Waals surface area contributed by atoms with Gasteiger partial charge in [0.15, 0.2) is 6.61 Å². The highest BCUT2D eigenvalue weighted by atomic mass is 79.9. The molecule has 2 aromatic carbocycles. The summed E-state index contributed by atoms with van der Waals surface area (Å²) in [5, 5.41) is 3.91. The molecule has 22 heavy (non-hydrogen) atoms. The van der Waals surface area contributed by atoms with Crippen LogP contribution in [0, 0.1) is 13.8 Å². The first kappa shape index (κ1) is 16.2. The smallest absolute Gasteiger partial charge is 0.277 e. The van der Waals surface area contributed by atoms with Crippen LogP contribution in [-0.4, -0.2) is 18.7 Å². The van der Waals surface area contributed by atoms with E-state index in [1.165, 1.54) is 0 Å². The molecule has 5 heteroatoms. The van der Waals surface area contributed by atoms with E-state index in [2.05, 4.69) is 26.5 Å². The predicted molar refractivity (Wildman–Crippen MR) is 91.3 cm³/mol. The van der Waals surface area contributed by atoms with Crippen LogP contribution in [0.4, 0.5) is 0 Å². The molecule has 0 heterocycles. The molecular formula is C17H17BrN2O2. The molecule has 114 valence electrons. The van der Waals surface area contributed by atoms with Gasteiger partial charge in [-0.1, -0.05) is 40.2 Å². The highest BCUT2D eigenvalue weighted by molar-refractivity contribution is 9.10. The summed E-state index contributed by atoms with van der Waals surface area (Å²) in [6.07, 6.45) is 1.58. The molecule has 0 bridgehead atoms. The standard InChI is InChI=1S/C17H17BrN2O2/c1-12-5-3-8-16(13(12)2)22-11-17(21)20-19-10-14-6-4-7-15(18)9-14/h3-10H,11H2,1-2H3,(H,20,21)/b19-10+. The summed E-state index contributed by atoms with van der Waals surface area (Å²) in [6.45, 7) is 3.90. The van der Waals surface area contributed by atoms with Gasteiger partial charge in [-0.15, -0.1) is 0 Å². The quantitative estimate of drug-likeness (QED) is 0.654. The van der Waals surface area contributed by atoms with Crippen molar-refractivity contribution in [2.75, 3.05) is 6.61 Å². The minimum atomic E-state index is -0.299. The number of carbonyl (C=O) groups excluding carboxylic acids is 1. The lowest BCUT2D eigenvalue weighted by atomic mass is 10.1. The molecule has 2 aromatic rings. The third kappa shape index (κ3) is 4.70. The van der Waals surface area contributed by atoms with Gasteiger partial charge in [-0.05, 0) is 48.7 Å². The Morgan fingerprint density at radius 3 is 2.82 bits per heavy atom. The van der Waals surface area contributed by atoms with Crippen molar-refractivity contribution in [3.8, 4) is 5.75 Å². The maximum absolute atomic E-state index is 11.7. The maximum Gasteiger partial charge on any atom is 0.277 e. The van der Waals surface area contributed by atoms with Gasteiger partial charge >= 0.3 is 0 Å². The van der Waals surface area contributed by atoms with Gasteiger partial charge in [0.1, 0.15) is 5.75 Å². The average molecular weight is 361 g/mol. The summed E-state index contributed by atoms with van der Waals surface area (Å²) in [7, 11) is 0. The third-order valence-corrected chi connectivity index (χ3v) is 3.66. The van der Waals surface area contributed by atoms with Gasteiger partial charge < -0.3 is 4.74 Å². The Morgan fingerprint density at radius 1 is 1.27 bits per heavy atom. The number of benzene rings is 2. The molecule has 2 rings (SSSR count). The Kier molecular flexibility index (Phi) is 5.72. The van der Waals surface area contributed by atoms with E-state index in [0.717, 1.165) is 21.2 Å². The predicted octanol–water partition coefficient (Wildman–Crippen LogP) is 3.60. The van der Waals surface area contributed by atoms with Gasteiger partial charge in [0.2, 0.25) is 0 Å². The van der Waals surface area contributed by atoms with Crippen LogP contribution in [0.15, 0.2) is 52.0 Å². The normalized spacial score (nSPS) is 10.7. The summed E-state index contributed by atoms with van der Waals surface area (Å²) >= 11 is 3.38. The topological polar surface area (TPSA) is 50.7 Å². The molecule has 0 radical (unpaired) electrons. The van der Waals surface area contributed by atoms with Gasteiger partial charge in [0.05, 0.1) is 6.21 Å². The number of amides is 1. The number of rotatable bonds is 5. The number of carbonyl (C=O) groups is 1. The SMILES string of the molecule is Cc1cccc(OCC(=O)N/N=C/c2cccc(Br)c2)c1C. The monoisotopic (exact) mass is 360 g/mol. The van der Waals surface area contributed by atoms with Gasteiger partial charge in [-0.25, -0.2) is 5.43 Å². The van der Waals surface area contributed by atoms with Crippen LogP contribution in [0.1, 0.15) is 16.7 Å². The van der Waals surface area contributed by atoms with Gasteiger partial charge in [0, 0.05) is 4.47 Å². The molecule has 1 amide bonds. The molecule has 0 saturated carbocycles. The second-order valence-electron chi connectivity index (χ2n) is 4.83. The average Bonchev–Trinajstić information content (AvgIpc) is 2.49. The van der Waals surface area contributed by atoms with E-state index in [4.69, 9.17) is 4.74 Å². The number of hydrogen-bond acceptors (Lipinski definition) is 3. The van der Waals surface area contributed by atoms with Crippen molar-refractivity contribution in [2.24, 2.45) is 5.10 Å². The van der Waals surface area contributed by atoms with Crippen molar-refractivity contribution in [3.05, 3.63) is 63.6 Å². The van der Waals surface area contributed by atoms with Crippen LogP contribution >= 0.6 is 15.9 Å². The highest BCUT2D eigenvalue weighted by Crippen LogP contribution is 2.20. The number of nitrogens with zero attached hydrogens (tertiary/aromatic N) is 1. The first-order valence-electron chi connectivity index (χ1n) is 6.83. The molecule has 0 aliphatic carbocycles. The Bertz CT molecular complexity index is 699. The molecule has 0 aromatic heterocycles. The Hall–Kier alpha value is -2.14. The highest BCUT2D eigenvalue weighted by Gasteiger charge is 2.05. The minimum absolute atomic E-state index is 0.0693. The molecule has 1 N–H and O–H groups in total. The largest absolute Gasteiger partial charge is 0.483 e. The van der Waals surface area contributed by atoms with Gasteiger partial charge in [-0.3, -0.25) is 4.79 Å². The number of hydrogen-bond donors (Lipinski definition) is 1. The first-order valence-corrected chi connectivity index (χ1v) is 7.62. The Morgan fingerprint density at radius 2 is 2.05 bits per heavy atom. The van der Waals surface area contributed by atoms with Gasteiger partial charge in [0.25, 0.3) is 5.91 Å². The van der Waals surface area contributed by atoms with E-state index >= 15 is 0 Å². The molecule has 0 atom stereocenters. The van der Waals surface area contributed by atoms with E-state index < -0.39 is 0 Å². The fourth-order valence-electron chi connectivity index (χ4n) is 1.82. The van der Waals surface area contributed by atoms with Crippen LogP contribution in [0.5, 0.6) is 5.75 Å². The molecule has 4 nitrogen and oxygen atoms in total. The summed E-state index contributed by atoms with van der Waals surface area (Å²) in [6, 6.07) is 13.4. The molecule has 0 aliphatic heterocycles. The van der Waals surface area contributed by atoms with Crippen LogP contribution in [0.3, 0.4) is 0 Å². The first-order chi connectivity index (χ1) is 10.6. The third-order valence-electron chi connectivity index (χ3n) is 3.17. The van der Waals surface area contributed by atoms with Crippen molar-refractivity contribution in [2.45, 2.75) is 13.8 Å². The second kappa shape index (κ2) is 7.75. The van der Waals surface area contributed by atoms with E-state index in [0.29, 0.717) is 5.75 Å². The fraction of sp³-hybridized carbons (Fsp3) is 0.176. The number of hydrazone groups is 1. The van der Waals surface area contributed by atoms with Crippen LogP contribution in [0.25, 0.3) is 0 Å².